The lowest BCUT2D eigenvalue weighted by Crippen LogP contribution is -2.49. The number of nitrogens with one attached hydrogen (secondary N) is 1. The number of aryl methyl sites for hydroxylation is 1. The van der Waals surface area contributed by atoms with E-state index in [1.807, 2.05) is 30.3 Å². The third-order valence-electron chi connectivity index (χ3n) is 4.83. The number of amides is 3. The van der Waals surface area contributed by atoms with Crippen LogP contribution in [0.5, 0.6) is 0 Å². The van der Waals surface area contributed by atoms with Crippen molar-refractivity contribution in [2.75, 3.05) is 13.1 Å². The Bertz CT molecular complexity index is 1050. The van der Waals surface area contributed by atoms with Crippen molar-refractivity contribution in [3.05, 3.63) is 77.4 Å². The number of hydrazine groups is 1. The van der Waals surface area contributed by atoms with Gasteiger partial charge in [0.25, 0.3) is 5.91 Å². The molecule has 8 nitrogen and oxygen atoms in total. The first-order valence-electron chi connectivity index (χ1n) is 9.64. The number of para-hydroxylation sites is 1. The smallest absolute Gasteiger partial charge is 0.332 e. The van der Waals surface area contributed by atoms with Gasteiger partial charge in [0, 0.05) is 19.6 Å². The zero-order chi connectivity index (χ0) is 21.1. The molecule has 0 bridgehead atoms. The minimum atomic E-state index is -0.390. The van der Waals surface area contributed by atoms with Crippen LogP contribution in [0.3, 0.4) is 0 Å². The van der Waals surface area contributed by atoms with E-state index in [-0.39, 0.29) is 24.0 Å². The molecule has 30 heavy (non-hydrogen) atoms. The second-order valence-electron chi connectivity index (χ2n) is 6.95. The van der Waals surface area contributed by atoms with E-state index < -0.39 is 6.03 Å². The number of halogens is 1. The molecule has 2 heterocycles. The highest BCUT2D eigenvalue weighted by molar-refractivity contribution is 5.94. The van der Waals surface area contributed by atoms with Crippen molar-refractivity contribution in [3.8, 4) is 5.69 Å². The third kappa shape index (κ3) is 4.00. The summed E-state index contributed by atoms with van der Waals surface area (Å²) >= 11 is 0. The number of carbonyl (C=O) groups is 2. The SMILES string of the molecule is Cc1nn(-c2ccccc2)nc1C(=O)N1CCCN1C(=O)NCc1ccc(F)cc1. The molecule has 1 N–H and O–H groups in total. The van der Waals surface area contributed by atoms with E-state index in [1.54, 1.807) is 19.1 Å². The van der Waals surface area contributed by atoms with Gasteiger partial charge in [-0.2, -0.15) is 9.90 Å². The van der Waals surface area contributed by atoms with E-state index in [1.165, 1.54) is 26.9 Å². The first kappa shape index (κ1) is 19.6. The van der Waals surface area contributed by atoms with Gasteiger partial charge in [0.15, 0.2) is 5.69 Å². The Balaban J connectivity index is 1.46. The lowest BCUT2D eigenvalue weighted by molar-refractivity contribution is 0.0369. The van der Waals surface area contributed by atoms with Crippen LogP contribution in [0.4, 0.5) is 9.18 Å². The Morgan fingerprint density at radius 3 is 2.43 bits per heavy atom. The largest absolute Gasteiger partial charge is 0.336 e. The van der Waals surface area contributed by atoms with Crippen molar-refractivity contribution >= 4 is 11.9 Å². The summed E-state index contributed by atoms with van der Waals surface area (Å²) in [5, 5.41) is 14.2. The Morgan fingerprint density at radius 2 is 1.70 bits per heavy atom. The van der Waals surface area contributed by atoms with Crippen molar-refractivity contribution in [1.29, 1.82) is 0 Å². The Kier molecular flexibility index (Phi) is 5.42. The number of hydrogen-bond acceptors (Lipinski definition) is 4. The van der Waals surface area contributed by atoms with Gasteiger partial charge in [-0.25, -0.2) is 19.2 Å². The summed E-state index contributed by atoms with van der Waals surface area (Å²) in [6.45, 7) is 2.79. The van der Waals surface area contributed by atoms with Crippen molar-refractivity contribution in [3.63, 3.8) is 0 Å². The highest BCUT2D eigenvalue weighted by Crippen LogP contribution is 2.17. The zero-order valence-corrected chi connectivity index (χ0v) is 16.5. The quantitative estimate of drug-likeness (QED) is 0.720. The predicted octanol–water partition coefficient (Wildman–Crippen LogP) is 2.69. The first-order chi connectivity index (χ1) is 14.5. The molecular formula is C21H21FN6O2. The lowest BCUT2D eigenvalue weighted by atomic mass is 10.2. The molecule has 1 aromatic heterocycles. The van der Waals surface area contributed by atoms with Gasteiger partial charge in [-0.3, -0.25) is 4.79 Å². The number of aromatic nitrogens is 3. The standard InChI is InChI=1S/C21H21FN6O2/c1-15-19(25-28(24-15)18-6-3-2-4-7-18)20(29)26-12-5-13-27(26)21(30)23-14-16-8-10-17(22)11-9-16/h2-4,6-11H,5,12-14H2,1H3,(H,23,30). The minimum Gasteiger partial charge on any atom is -0.332 e. The highest BCUT2D eigenvalue weighted by Gasteiger charge is 2.33. The normalized spacial score (nSPS) is 13.5. The topological polar surface area (TPSA) is 83.4 Å². The van der Waals surface area contributed by atoms with Crippen LogP contribution in [0.15, 0.2) is 54.6 Å². The highest BCUT2D eigenvalue weighted by atomic mass is 19.1. The molecule has 0 radical (unpaired) electrons. The van der Waals surface area contributed by atoms with E-state index in [0.717, 1.165) is 11.3 Å². The first-order valence-corrected chi connectivity index (χ1v) is 9.64. The zero-order valence-electron chi connectivity index (χ0n) is 16.5. The summed E-state index contributed by atoms with van der Waals surface area (Å²) in [5.41, 5.74) is 2.21. The predicted molar refractivity (Wildman–Crippen MR) is 107 cm³/mol. The Morgan fingerprint density at radius 1 is 1.00 bits per heavy atom. The molecule has 4 rings (SSSR count). The van der Waals surface area contributed by atoms with E-state index in [0.29, 0.717) is 25.2 Å². The Labute approximate surface area is 172 Å². The number of hydrogen-bond donors (Lipinski definition) is 1. The van der Waals surface area contributed by atoms with Crippen LogP contribution in [-0.4, -0.2) is 50.0 Å². The molecule has 9 heteroatoms. The van der Waals surface area contributed by atoms with Crippen molar-refractivity contribution in [2.45, 2.75) is 19.9 Å². The molecule has 154 valence electrons. The molecule has 0 aliphatic carbocycles. The van der Waals surface area contributed by atoms with Gasteiger partial charge in [-0.05, 0) is 43.2 Å². The fourth-order valence-electron chi connectivity index (χ4n) is 3.28. The van der Waals surface area contributed by atoms with Crippen LogP contribution in [0.25, 0.3) is 5.69 Å². The molecule has 1 aliphatic rings. The fraction of sp³-hybridized carbons (Fsp3) is 0.238. The third-order valence-corrected chi connectivity index (χ3v) is 4.83. The summed E-state index contributed by atoms with van der Waals surface area (Å²) in [6.07, 6.45) is 0.668. The van der Waals surface area contributed by atoms with E-state index in [9.17, 15) is 14.0 Å². The minimum absolute atomic E-state index is 0.206. The van der Waals surface area contributed by atoms with Gasteiger partial charge in [0.05, 0.1) is 11.4 Å². The van der Waals surface area contributed by atoms with Crippen LogP contribution < -0.4 is 5.32 Å². The molecule has 1 saturated heterocycles. The van der Waals surface area contributed by atoms with E-state index in [4.69, 9.17) is 0 Å². The maximum atomic E-state index is 13.1. The molecule has 1 aliphatic heterocycles. The molecule has 2 aromatic carbocycles. The number of rotatable bonds is 4. The maximum Gasteiger partial charge on any atom is 0.336 e. The number of carbonyl (C=O) groups excluding carboxylic acids is 2. The molecule has 3 amide bonds. The second-order valence-corrected chi connectivity index (χ2v) is 6.95. The Hall–Kier alpha value is -3.75. The fourth-order valence-corrected chi connectivity index (χ4v) is 3.28. The average Bonchev–Trinajstić information content (AvgIpc) is 3.40. The maximum absolute atomic E-state index is 13.1. The van der Waals surface area contributed by atoms with Crippen molar-refractivity contribution < 1.29 is 14.0 Å². The molecule has 0 atom stereocenters. The van der Waals surface area contributed by atoms with E-state index in [2.05, 4.69) is 15.5 Å². The number of nitrogens with zero attached hydrogens (tertiary/aromatic N) is 5. The van der Waals surface area contributed by atoms with Crippen molar-refractivity contribution in [2.24, 2.45) is 0 Å². The summed E-state index contributed by atoms with van der Waals surface area (Å²) in [6, 6.07) is 14.8. The van der Waals surface area contributed by atoms with Gasteiger partial charge in [0.2, 0.25) is 0 Å². The summed E-state index contributed by atoms with van der Waals surface area (Å²) in [4.78, 5) is 27.1. The van der Waals surface area contributed by atoms with Crippen LogP contribution in [0.2, 0.25) is 0 Å². The number of benzene rings is 2. The molecular weight excluding hydrogens is 387 g/mol. The monoisotopic (exact) mass is 408 g/mol. The lowest BCUT2D eigenvalue weighted by Gasteiger charge is -2.27. The summed E-state index contributed by atoms with van der Waals surface area (Å²) in [5.74, 6) is -0.704. The molecule has 1 fully saturated rings. The van der Waals surface area contributed by atoms with Gasteiger partial charge >= 0.3 is 6.03 Å². The second kappa shape index (κ2) is 8.32. The molecule has 0 saturated carbocycles. The van der Waals surface area contributed by atoms with Gasteiger partial charge in [-0.1, -0.05) is 30.3 Å². The van der Waals surface area contributed by atoms with Gasteiger partial charge in [-0.15, -0.1) is 5.10 Å². The van der Waals surface area contributed by atoms with Crippen LogP contribution in [0.1, 0.15) is 28.2 Å². The summed E-state index contributed by atoms with van der Waals surface area (Å²) < 4.78 is 13.0. The van der Waals surface area contributed by atoms with Crippen LogP contribution in [-0.2, 0) is 6.54 Å². The van der Waals surface area contributed by atoms with Crippen LogP contribution >= 0.6 is 0 Å². The molecule has 0 spiro atoms. The van der Waals surface area contributed by atoms with Crippen molar-refractivity contribution in [1.82, 2.24) is 30.3 Å². The average molecular weight is 408 g/mol. The van der Waals surface area contributed by atoms with Gasteiger partial charge < -0.3 is 5.32 Å². The molecule has 3 aromatic rings. The number of urea groups is 1. The van der Waals surface area contributed by atoms with E-state index >= 15 is 0 Å². The van der Waals surface area contributed by atoms with Crippen LogP contribution in [0, 0.1) is 12.7 Å². The summed E-state index contributed by atoms with van der Waals surface area (Å²) in [7, 11) is 0. The van der Waals surface area contributed by atoms with Gasteiger partial charge in [0.1, 0.15) is 5.82 Å². The molecule has 0 unspecified atom stereocenters.